The topological polar surface area (TPSA) is 21.7 Å². The van der Waals surface area contributed by atoms with Crippen molar-refractivity contribution in [3.8, 4) is 23.0 Å². The highest BCUT2D eigenvalue weighted by Crippen LogP contribution is 2.49. The lowest BCUT2D eigenvalue weighted by molar-refractivity contribution is 0.467. The van der Waals surface area contributed by atoms with E-state index in [1.807, 2.05) is 22.7 Å². The van der Waals surface area contributed by atoms with Crippen LogP contribution in [0.25, 0.3) is 30.3 Å². The predicted octanol–water partition coefficient (Wildman–Crippen LogP) is 11.7. The minimum absolute atomic E-state index is 0.0275. The maximum absolute atomic E-state index is 7.09. The molecule has 0 bridgehead atoms. The van der Waals surface area contributed by atoms with Crippen LogP contribution in [-0.2, 0) is 5.41 Å². The molecule has 6 heteroatoms. The van der Waals surface area contributed by atoms with Gasteiger partial charge in [0.15, 0.2) is 0 Å². The Morgan fingerprint density at radius 3 is 1.90 bits per heavy atom. The molecular formula is C45H36BNO2S2. The molecule has 8 aromatic rings. The zero-order valence-electron chi connectivity index (χ0n) is 29.5. The number of anilines is 3. The number of ether oxygens (including phenoxy) is 2. The van der Waals surface area contributed by atoms with Gasteiger partial charge in [0.25, 0.3) is 6.71 Å². The highest BCUT2D eigenvalue weighted by atomic mass is 32.1. The largest absolute Gasteiger partial charge is 0.458 e. The Bertz CT molecular complexity index is 2670. The van der Waals surface area contributed by atoms with Gasteiger partial charge < -0.3 is 14.4 Å². The molecule has 3 nitrogen and oxygen atoms in total. The Kier molecular flexibility index (Phi) is 6.62. The summed E-state index contributed by atoms with van der Waals surface area (Å²) in [7, 11) is 0. The van der Waals surface area contributed by atoms with Gasteiger partial charge in [0.2, 0.25) is 0 Å². The van der Waals surface area contributed by atoms with Crippen molar-refractivity contribution in [2.45, 2.75) is 47.0 Å². The SMILES string of the molecule is Cc1ccc(N(c2ccc(C)cc2)c2cc3c(c4c2sc2ccccc24)B2c4sc5ccc(C(C)(C)C)cc5c4Oc4cc(C)cc(c42)O3)cc1. The van der Waals surface area contributed by atoms with Crippen LogP contribution in [0.15, 0.2) is 109 Å². The normalized spacial score (nSPS) is 13.2. The first-order valence-corrected chi connectivity index (χ1v) is 19.2. The van der Waals surface area contributed by atoms with E-state index in [-0.39, 0.29) is 12.1 Å². The monoisotopic (exact) mass is 697 g/mol. The van der Waals surface area contributed by atoms with Gasteiger partial charge >= 0.3 is 0 Å². The number of nitrogens with zero attached hydrogens (tertiary/aromatic N) is 1. The molecule has 4 heterocycles. The molecule has 2 aromatic heterocycles. The molecule has 51 heavy (non-hydrogen) atoms. The van der Waals surface area contributed by atoms with Crippen molar-refractivity contribution in [2.75, 3.05) is 4.90 Å². The smallest absolute Gasteiger partial charge is 0.274 e. The van der Waals surface area contributed by atoms with Gasteiger partial charge in [-0.05, 0) is 97.4 Å². The number of thiophene rings is 2. The fourth-order valence-corrected chi connectivity index (χ4v) is 10.4. The van der Waals surface area contributed by atoms with E-state index in [0.29, 0.717) is 0 Å². The molecular weight excluding hydrogens is 661 g/mol. The Balaban J connectivity index is 1.31. The fraction of sp³-hybridized carbons (Fsp3) is 0.156. The molecule has 248 valence electrons. The highest BCUT2D eigenvalue weighted by Gasteiger charge is 2.44. The number of fused-ring (bicyclic) bond motifs is 10. The third kappa shape index (κ3) is 4.69. The maximum atomic E-state index is 7.09. The fourth-order valence-electron chi connectivity index (χ4n) is 7.91. The molecule has 2 aliphatic heterocycles. The van der Waals surface area contributed by atoms with Crippen LogP contribution in [-0.4, -0.2) is 6.71 Å². The molecule has 0 amide bonds. The average molecular weight is 698 g/mol. The van der Waals surface area contributed by atoms with Crippen LogP contribution in [0.1, 0.15) is 43.0 Å². The molecule has 0 saturated heterocycles. The summed E-state index contributed by atoms with van der Waals surface area (Å²) in [6.45, 7) is 13.2. The summed E-state index contributed by atoms with van der Waals surface area (Å²) < 4.78 is 19.0. The summed E-state index contributed by atoms with van der Waals surface area (Å²) in [6.07, 6.45) is 0. The van der Waals surface area contributed by atoms with Crippen molar-refractivity contribution >= 4 is 92.4 Å². The van der Waals surface area contributed by atoms with Gasteiger partial charge in [-0.15, -0.1) is 22.7 Å². The standard InChI is InChI=1S/C45H36BNO2S2/c1-25-11-16-29(17-12-25)47(30-18-13-26(2)14-19-30)33-24-36-41(39-31-9-7-8-10-37(31)50-43(33)39)46-40-34(48-36)21-27(3)22-35(40)49-42-32-23-28(45(4,5)6)15-20-38(32)51-44(42)46/h7-24H,1-6H3. The number of hydrogen-bond donors (Lipinski definition) is 0. The molecule has 0 N–H and O–H groups in total. The minimum atomic E-state index is -0.0275. The van der Waals surface area contributed by atoms with Gasteiger partial charge in [0, 0.05) is 53.2 Å². The van der Waals surface area contributed by atoms with Crippen LogP contribution < -0.4 is 30.1 Å². The minimum Gasteiger partial charge on any atom is -0.458 e. The molecule has 0 fully saturated rings. The zero-order chi connectivity index (χ0) is 34.8. The van der Waals surface area contributed by atoms with Crippen molar-refractivity contribution in [3.05, 3.63) is 131 Å². The molecule has 0 aliphatic carbocycles. The van der Waals surface area contributed by atoms with Gasteiger partial charge in [-0.2, -0.15) is 0 Å². The predicted molar refractivity (Wildman–Crippen MR) is 220 cm³/mol. The Labute approximate surface area is 306 Å². The first-order chi connectivity index (χ1) is 24.6. The van der Waals surface area contributed by atoms with Crippen molar-refractivity contribution in [3.63, 3.8) is 0 Å². The lowest BCUT2D eigenvalue weighted by Gasteiger charge is -2.34. The van der Waals surface area contributed by atoms with E-state index in [9.17, 15) is 0 Å². The van der Waals surface area contributed by atoms with Gasteiger partial charge in [-0.1, -0.05) is 80.4 Å². The van der Waals surface area contributed by atoms with Gasteiger partial charge in [-0.25, -0.2) is 0 Å². The first kappa shape index (κ1) is 30.8. The second kappa shape index (κ2) is 11.0. The summed E-state index contributed by atoms with van der Waals surface area (Å²) in [5, 5.41) is 3.71. The average Bonchev–Trinajstić information content (AvgIpc) is 3.68. The van der Waals surface area contributed by atoms with E-state index in [4.69, 9.17) is 9.47 Å². The zero-order valence-corrected chi connectivity index (χ0v) is 31.2. The number of rotatable bonds is 3. The number of hydrogen-bond acceptors (Lipinski definition) is 5. The van der Waals surface area contributed by atoms with E-state index in [1.165, 1.54) is 57.2 Å². The molecule has 10 rings (SSSR count). The van der Waals surface area contributed by atoms with E-state index >= 15 is 0 Å². The van der Waals surface area contributed by atoms with Gasteiger partial charge in [-0.3, -0.25) is 0 Å². The Morgan fingerprint density at radius 1 is 0.588 bits per heavy atom. The van der Waals surface area contributed by atoms with E-state index < -0.39 is 0 Å². The summed E-state index contributed by atoms with van der Waals surface area (Å²) in [5.41, 5.74) is 10.6. The van der Waals surface area contributed by atoms with E-state index in [1.54, 1.807) is 0 Å². The van der Waals surface area contributed by atoms with Crippen molar-refractivity contribution in [1.82, 2.24) is 0 Å². The molecule has 0 radical (unpaired) electrons. The second-order valence-electron chi connectivity index (χ2n) is 15.2. The first-order valence-electron chi connectivity index (χ1n) is 17.6. The van der Waals surface area contributed by atoms with Gasteiger partial charge in [0.1, 0.15) is 23.0 Å². The molecule has 0 spiro atoms. The van der Waals surface area contributed by atoms with E-state index in [0.717, 1.165) is 51.1 Å². The quantitative estimate of drug-likeness (QED) is 0.172. The van der Waals surface area contributed by atoms with E-state index in [2.05, 4.69) is 156 Å². The van der Waals surface area contributed by atoms with Crippen LogP contribution >= 0.6 is 22.7 Å². The van der Waals surface area contributed by atoms with Crippen LogP contribution in [0.4, 0.5) is 17.1 Å². The lowest BCUT2D eigenvalue weighted by Crippen LogP contribution is -2.56. The molecule has 0 saturated carbocycles. The third-order valence-electron chi connectivity index (χ3n) is 10.5. The maximum Gasteiger partial charge on any atom is 0.274 e. The summed E-state index contributed by atoms with van der Waals surface area (Å²) in [4.78, 5) is 2.40. The van der Waals surface area contributed by atoms with Crippen molar-refractivity contribution in [1.29, 1.82) is 0 Å². The number of benzene rings is 6. The molecule has 6 aromatic carbocycles. The van der Waals surface area contributed by atoms with Crippen LogP contribution in [0.5, 0.6) is 23.0 Å². The second-order valence-corrected chi connectivity index (χ2v) is 17.3. The highest BCUT2D eigenvalue weighted by molar-refractivity contribution is 7.33. The third-order valence-corrected chi connectivity index (χ3v) is 12.9. The summed E-state index contributed by atoms with van der Waals surface area (Å²) >= 11 is 3.73. The summed E-state index contributed by atoms with van der Waals surface area (Å²) in [6, 6.07) is 40.2. The Morgan fingerprint density at radius 2 is 1.22 bits per heavy atom. The molecule has 0 unspecified atom stereocenters. The number of aryl methyl sites for hydroxylation is 3. The van der Waals surface area contributed by atoms with Gasteiger partial charge in [0.05, 0.1) is 10.4 Å². The van der Waals surface area contributed by atoms with Crippen molar-refractivity contribution in [2.24, 2.45) is 0 Å². The Hall–Kier alpha value is -5.04. The van der Waals surface area contributed by atoms with Crippen molar-refractivity contribution < 1.29 is 9.47 Å². The lowest BCUT2D eigenvalue weighted by atomic mass is 9.37. The van der Waals surface area contributed by atoms with Crippen LogP contribution in [0.2, 0.25) is 0 Å². The molecule has 0 atom stereocenters. The molecule has 2 aliphatic rings. The van der Waals surface area contributed by atoms with Crippen LogP contribution in [0, 0.1) is 20.8 Å². The summed E-state index contributed by atoms with van der Waals surface area (Å²) in [5.74, 6) is 3.66. The van der Waals surface area contributed by atoms with Crippen LogP contribution in [0.3, 0.4) is 0 Å².